The van der Waals surface area contributed by atoms with Gasteiger partial charge in [-0.2, -0.15) is 5.10 Å². The maximum Gasteiger partial charge on any atom is 0.359 e. The van der Waals surface area contributed by atoms with Crippen LogP contribution in [0.1, 0.15) is 73.0 Å². The molecule has 0 aliphatic rings. The fraction of sp³-hybridized carbons (Fsp3) is 0.474. The highest BCUT2D eigenvalue weighted by Crippen LogP contribution is 2.38. The Morgan fingerprint density at radius 1 is 1.29 bits per heavy atom. The number of halogens is 2. The maximum atomic E-state index is 13.6. The monoisotopic (exact) mass is 395 g/mol. The lowest BCUT2D eigenvalue weighted by molar-refractivity contribution is 0.0516. The standard InChI is InChI=1S/C19H23F2N3O4/c1-6-12-15(18(26)27-7-2)23-24(19(3,4)5)17(12)28-13-9-22-8-11(10-25)14(13)16(20)21/h8-10,16H,6-7H2,1-5H3. The minimum atomic E-state index is -2.95. The van der Waals surface area contributed by atoms with E-state index in [1.54, 1.807) is 13.8 Å². The van der Waals surface area contributed by atoms with Crippen molar-refractivity contribution in [2.45, 2.75) is 53.0 Å². The van der Waals surface area contributed by atoms with E-state index in [2.05, 4.69) is 10.1 Å². The van der Waals surface area contributed by atoms with Crippen molar-refractivity contribution in [1.29, 1.82) is 0 Å². The summed E-state index contributed by atoms with van der Waals surface area (Å²) in [7, 11) is 0. The van der Waals surface area contributed by atoms with Crippen LogP contribution in [-0.2, 0) is 16.7 Å². The number of ether oxygens (including phenoxy) is 2. The summed E-state index contributed by atoms with van der Waals surface area (Å²) < 4.78 is 39.4. The fourth-order valence-electron chi connectivity index (χ4n) is 2.66. The molecule has 0 aliphatic heterocycles. The maximum absolute atomic E-state index is 13.6. The number of aldehydes is 1. The highest BCUT2D eigenvalue weighted by molar-refractivity contribution is 5.89. The first-order valence-corrected chi connectivity index (χ1v) is 8.84. The summed E-state index contributed by atoms with van der Waals surface area (Å²) in [5.41, 5.74) is -0.966. The van der Waals surface area contributed by atoms with Crippen molar-refractivity contribution in [2.75, 3.05) is 6.61 Å². The van der Waals surface area contributed by atoms with E-state index in [0.29, 0.717) is 18.3 Å². The quantitative estimate of drug-likeness (QED) is 0.513. The highest BCUT2D eigenvalue weighted by Gasteiger charge is 2.31. The number of carbonyl (C=O) groups excluding carboxylic acids is 2. The van der Waals surface area contributed by atoms with E-state index >= 15 is 0 Å². The van der Waals surface area contributed by atoms with Gasteiger partial charge in [-0.05, 0) is 34.1 Å². The first-order chi connectivity index (χ1) is 13.1. The molecule has 7 nitrogen and oxygen atoms in total. The van der Waals surface area contributed by atoms with Crippen molar-refractivity contribution in [3.63, 3.8) is 0 Å². The van der Waals surface area contributed by atoms with E-state index in [1.165, 1.54) is 4.68 Å². The molecule has 0 fully saturated rings. The van der Waals surface area contributed by atoms with Crippen LogP contribution in [-0.4, -0.2) is 33.6 Å². The zero-order chi connectivity index (χ0) is 21.1. The topological polar surface area (TPSA) is 83.3 Å². The Labute approximate surface area is 161 Å². The molecule has 0 unspecified atom stereocenters. The summed E-state index contributed by atoms with van der Waals surface area (Å²) in [6.45, 7) is 9.11. The summed E-state index contributed by atoms with van der Waals surface area (Å²) in [5.74, 6) is -0.763. The molecule has 0 spiro atoms. The van der Waals surface area contributed by atoms with Crippen LogP contribution in [0.4, 0.5) is 8.78 Å². The number of carbonyl (C=O) groups is 2. The van der Waals surface area contributed by atoms with Gasteiger partial charge in [0, 0.05) is 17.3 Å². The number of pyridine rings is 1. The molecule has 0 amide bonds. The Bertz CT molecular complexity index is 873. The second kappa shape index (κ2) is 8.45. The van der Waals surface area contributed by atoms with Gasteiger partial charge in [0.15, 0.2) is 17.7 Å². The third kappa shape index (κ3) is 4.18. The highest BCUT2D eigenvalue weighted by atomic mass is 19.3. The first-order valence-electron chi connectivity index (χ1n) is 8.84. The lowest BCUT2D eigenvalue weighted by Gasteiger charge is -2.23. The van der Waals surface area contributed by atoms with E-state index in [0.717, 1.165) is 12.4 Å². The smallest absolute Gasteiger partial charge is 0.359 e. The zero-order valence-electron chi connectivity index (χ0n) is 16.5. The molecule has 0 atom stereocenters. The molecule has 2 aromatic heterocycles. The molecule has 0 saturated heterocycles. The van der Waals surface area contributed by atoms with Gasteiger partial charge in [0.1, 0.15) is 0 Å². The number of rotatable bonds is 7. The van der Waals surface area contributed by atoms with E-state index in [1.807, 2.05) is 20.8 Å². The molecule has 0 N–H and O–H groups in total. The van der Waals surface area contributed by atoms with Gasteiger partial charge >= 0.3 is 5.97 Å². The molecular formula is C19H23F2N3O4. The van der Waals surface area contributed by atoms with Crippen molar-refractivity contribution in [2.24, 2.45) is 0 Å². The summed E-state index contributed by atoms with van der Waals surface area (Å²) in [6, 6.07) is 0. The number of hydrogen-bond acceptors (Lipinski definition) is 6. The lowest BCUT2D eigenvalue weighted by atomic mass is 10.1. The summed E-state index contributed by atoms with van der Waals surface area (Å²) in [4.78, 5) is 27.3. The Morgan fingerprint density at radius 2 is 1.96 bits per heavy atom. The van der Waals surface area contributed by atoms with Gasteiger partial charge in [-0.3, -0.25) is 9.78 Å². The minimum absolute atomic E-state index is 0.0624. The predicted octanol–water partition coefficient (Wildman–Crippen LogP) is 4.31. The average molecular weight is 395 g/mol. The Kier molecular flexibility index (Phi) is 6.48. The lowest BCUT2D eigenvalue weighted by Crippen LogP contribution is -2.24. The van der Waals surface area contributed by atoms with Gasteiger partial charge in [0.2, 0.25) is 5.88 Å². The Hall–Kier alpha value is -2.84. The van der Waals surface area contributed by atoms with Crippen molar-refractivity contribution in [3.05, 3.63) is 34.8 Å². The van der Waals surface area contributed by atoms with E-state index in [-0.39, 0.29) is 29.5 Å². The SMILES string of the molecule is CCOC(=O)c1nn(C(C)(C)C)c(Oc2cncc(C=O)c2C(F)F)c1CC. The minimum Gasteiger partial charge on any atom is -0.461 e. The van der Waals surface area contributed by atoms with Gasteiger partial charge in [0.25, 0.3) is 6.43 Å². The van der Waals surface area contributed by atoms with Gasteiger partial charge in [-0.1, -0.05) is 6.92 Å². The molecule has 0 aliphatic carbocycles. The molecule has 152 valence electrons. The Morgan fingerprint density at radius 3 is 2.46 bits per heavy atom. The molecule has 9 heteroatoms. The van der Waals surface area contributed by atoms with Crippen molar-refractivity contribution in [1.82, 2.24) is 14.8 Å². The average Bonchev–Trinajstić information content (AvgIpc) is 3.00. The molecule has 0 saturated carbocycles. The molecule has 0 radical (unpaired) electrons. The number of alkyl halides is 2. The van der Waals surface area contributed by atoms with Crippen LogP contribution in [0.5, 0.6) is 11.6 Å². The van der Waals surface area contributed by atoms with Gasteiger partial charge in [0.05, 0.1) is 23.9 Å². The fourth-order valence-corrected chi connectivity index (χ4v) is 2.66. The predicted molar refractivity (Wildman–Crippen MR) is 97.2 cm³/mol. The van der Waals surface area contributed by atoms with Crippen LogP contribution in [0, 0.1) is 0 Å². The Balaban J connectivity index is 2.69. The summed E-state index contributed by atoms with van der Waals surface area (Å²) in [6.07, 6.45) is -0.137. The third-order valence-electron chi connectivity index (χ3n) is 3.93. The first kappa shape index (κ1) is 21.5. The molecule has 2 rings (SSSR count). The molecule has 2 aromatic rings. The van der Waals surface area contributed by atoms with Crippen molar-refractivity contribution >= 4 is 12.3 Å². The van der Waals surface area contributed by atoms with E-state index in [4.69, 9.17) is 9.47 Å². The van der Waals surface area contributed by atoms with Crippen LogP contribution >= 0.6 is 0 Å². The molecule has 28 heavy (non-hydrogen) atoms. The van der Waals surface area contributed by atoms with Gasteiger partial charge in [-0.25, -0.2) is 18.3 Å². The van der Waals surface area contributed by atoms with Gasteiger partial charge < -0.3 is 9.47 Å². The van der Waals surface area contributed by atoms with Crippen LogP contribution in [0.2, 0.25) is 0 Å². The second-order valence-electron chi connectivity index (χ2n) is 6.95. The van der Waals surface area contributed by atoms with Crippen molar-refractivity contribution < 1.29 is 27.8 Å². The second-order valence-corrected chi connectivity index (χ2v) is 6.95. The van der Waals surface area contributed by atoms with Crippen LogP contribution in [0.3, 0.4) is 0 Å². The molecule has 2 heterocycles. The van der Waals surface area contributed by atoms with Crippen LogP contribution in [0.25, 0.3) is 0 Å². The number of nitrogens with zero attached hydrogens (tertiary/aromatic N) is 3. The number of aromatic nitrogens is 3. The molecule has 0 bridgehead atoms. The summed E-state index contributed by atoms with van der Waals surface area (Å²) in [5, 5.41) is 4.32. The van der Waals surface area contributed by atoms with Gasteiger partial charge in [-0.15, -0.1) is 0 Å². The van der Waals surface area contributed by atoms with Crippen LogP contribution < -0.4 is 4.74 Å². The van der Waals surface area contributed by atoms with E-state index < -0.39 is 23.5 Å². The van der Waals surface area contributed by atoms with Crippen LogP contribution in [0.15, 0.2) is 12.4 Å². The molecular weight excluding hydrogens is 372 g/mol. The van der Waals surface area contributed by atoms with Crippen molar-refractivity contribution in [3.8, 4) is 11.6 Å². The van der Waals surface area contributed by atoms with E-state index in [9.17, 15) is 18.4 Å². The third-order valence-corrected chi connectivity index (χ3v) is 3.93. The largest absolute Gasteiger partial charge is 0.461 e. The molecule has 0 aromatic carbocycles. The number of hydrogen-bond donors (Lipinski definition) is 0. The zero-order valence-corrected chi connectivity index (χ0v) is 16.5. The summed E-state index contributed by atoms with van der Waals surface area (Å²) >= 11 is 0. The number of esters is 1. The normalized spacial score (nSPS) is 11.6.